The zero-order valence-corrected chi connectivity index (χ0v) is 21.3. The Bertz CT molecular complexity index is 1330. The van der Waals surface area contributed by atoms with Gasteiger partial charge in [-0.25, -0.2) is 17.9 Å². The molecule has 0 aliphatic rings. The maximum absolute atomic E-state index is 12.9. The summed E-state index contributed by atoms with van der Waals surface area (Å²) in [6.07, 6.45) is 0. The average Bonchev–Trinajstić information content (AvgIpc) is 3.10. The second kappa shape index (κ2) is 10.9. The molecule has 0 saturated carbocycles. The molecular weight excluding hydrogens is 468 g/mol. The van der Waals surface area contributed by atoms with E-state index in [1.54, 1.807) is 19.9 Å². The van der Waals surface area contributed by atoms with Crippen LogP contribution in [0.5, 0.6) is 5.75 Å². The quantitative estimate of drug-likeness (QED) is 0.336. The molecule has 2 aromatic carbocycles. The van der Waals surface area contributed by atoms with E-state index in [-0.39, 0.29) is 28.0 Å². The van der Waals surface area contributed by atoms with Gasteiger partial charge >= 0.3 is 5.97 Å². The number of aryl methyl sites for hydroxylation is 1. The van der Waals surface area contributed by atoms with Crippen molar-refractivity contribution < 1.29 is 27.5 Å². The molecule has 1 heterocycles. The summed E-state index contributed by atoms with van der Waals surface area (Å²) in [7, 11) is -2.58. The Labute approximate surface area is 205 Å². The number of hydrogen-bond acceptors (Lipinski definition) is 6. The second-order valence-corrected chi connectivity index (χ2v) is 10.2. The first kappa shape index (κ1) is 26.2. The number of Topliss-reactive ketones (excluding diaryl/α,β-unsaturated/α-hetero) is 1. The lowest BCUT2D eigenvalue weighted by Gasteiger charge is -2.14. The fourth-order valence-electron chi connectivity index (χ4n) is 3.77. The van der Waals surface area contributed by atoms with E-state index in [9.17, 15) is 18.0 Å². The van der Waals surface area contributed by atoms with E-state index in [2.05, 4.69) is 4.72 Å². The van der Waals surface area contributed by atoms with Crippen LogP contribution in [0.1, 0.15) is 51.5 Å². The van der Waals surface area contributed by atoms with Gasteiger partial charge in [0.15, 0.2) is 6.61 Å². The van der Waals surface area contributed by atoms with E-state index in [1.165, 1.54) is 25.3 Å². The Kier molecular flexibility index (Phi) is 8.14. The van der Waals surface area contributed by atoms with Crippen LogP contribution >= 0.6 is 0 Å². The molecule has 0 unspecified atom stereocenters. The molecule has 0 bridgehead atoms. The van der Waals surface area contributed by atoms with E-state index in [1.807, 2.05) is 48.7 Å². The molecule has 1 N–H and O–H groups in total. The summed E-state index contributed by atoms with van der Waals surface area (Å²) in [6.45, 7) is 7.30. The van der Waals surface area contributed by atoms with Crippen molar-refractivity contribution in [1.29, 1.82) is 0 Å². The number of carbonyl (C=O) groups is 2. The lowest BCUT2D eigenvalue weighted by atomic mass is 10.1. The van der Waals surface area contributed by atoms with Crippen molar-refractivity contribution in [3.05, 3.63) is 82.7 Å². The highest BCUT2D eigenvalue weighted by molar-refractivity contribution is 7.89. The molecule has 0 spiro atoms. The van der Waals surface area contributed by atoms with Gasteiger partial charge in [-0.3, -0.25) is 4.79 Å². The monoisotopic (exact) mass is 498 g/mol. The maximum Gasteiger partial charge on any atom is 0.338 e. The summed E-state index contributed by atoms with van der Waals surface area (Å²) >= 11 is 0. The summed E-state index contributed by atoms with van der Waals surface area (Å²) in [5, 5.41) is 0. The number of benzene rings is 2. The van der Waals surface area contributed by atoms with Crippen molar-refractivity contribution in [2.24, 2.45) is 0 Å². The van der Waals surface area contributed by atoms with Crippen molar-refractivity contribution >= 4 is 21.8 Å². The molecule has 0 radical (unpaired) electrons. The number of sulfonamides is 1. The van der Waals surface area contributed by atoms with Gasteiger partial charge in [0.1, 0.15) is 10.6 Å². The number of aromatic nitrogens is 1. The van der Waals surface area contributed by atoms with Gasteiger partial charge in [0, 0.05) is 29.5 Å². The maximum atomic E-state index is 12.9. The third-order valence-electron chi connectivity index (χ3n) is 5.47. The first-order valence-corrected chi connectivity index (χ1v) is 12.6. The van der Waals surface area contributed by atoms with Crippen molar-refractivity contribution in [2.45, 2.75) is 45.2 Å². The number of ketones is 1. The third kappa shape index (κ3) is 6.17. The molecule has 186 valence electrons. The van der Waals surface area contributed by atoms with Crippen LogP contribution in [0.4, 0.5) is 0 Å². The SMILES string of the molecule is COc1ccc(C(=O)OCC(=O)c2cc(C)n(Cc3ccccc3)c2C)cc1S(=O)(=O)NC(C)C. The molecular formula is C26H30N2O6S. The number of rotatable bonds is 10. The molecule has 0 atom stereocenters. The van der Waals surface area contributed by atoms with Gasteiger partial charge < -0.3 is 14.0 Å². The minimum Gasteiger partial charge on any atom is -0.495 e. The largest absolute Gasteiger partial charge is 0.495 e. The Balaban J connectivity index is 1.75. The Hall–Kier alpha value is -3.43. The third-order valence-corrected chi connectivity index (χ3v) is 7.15. The Morgan fingerprint density at radius 1 is 1.03 bits per heavy atom. The van der Waals surface area contributed by atoms with Crippen molar-refractivity contribution in [3.63, 3.8) is 0 Å². The van der Waals surface area contributed by atoms with Crippen molar-refractivity contribution in [1.82, 2.24) is 9.29 Å². The van der Waals surface area contributed by atoms with Gasteiger partial charge in [-0.05, 0) is 57.5 Å². The lowest BCUT2D eigenvalue weighted by molar-refractivity contribution is 0.0474. The molecule has 0 aliphatic heterocycles. The fourth-order valence-corrected chi connectivity index (χ4v) is 5.22. The number of ether oxygens (including phenoxy) is 2. The van der Waals surface area contributed by atoms with Crippen LogP contribution in [0.3, 0.4) is 0 Å². The molecule has 0 aliphatic carbocycles. The molecule has 9 heteroatoms. The topological polar surface area (TPSA) is 104 Å². The van der Waals surface area contributed by atoms with Gasteiger partial charge in [0.2, 0.25) is 15.8 Å². The van der Waals surface area contributed by atoms with Crippen LogP contribution in [0, 0.1) is 13.8 Å². The fraction of sp³-hybridized carbons (Fsp3) is 0.308. The highest BCUT2D eigenvalue weighted by atomic mass is 32.2. The predicted molar refractivity (Wildman–Crippen MR) is 133 cm³/mol. The van der Waals surface area contributed by atoms with Gasteiger partial charge in [0.05, 0.1) is 12.7 Å². The molecule has 0 saturated heterocycles. The van der Waals surface area contributed by atoms with E-state index in [0.29, 0.717) is 12.1 Å². The number of carbonyl (C=O) groups excluding carboxylic acids is 2. The molecule has 0 fully saturated rings. The summed E-state index contributed by atoms with van der Waals surface area (Å²) in [4.78, 5) is 25.3. The number of esters is 1. The highest BCUT2D eigenvalue weighted by Crippen LogP contribution is 2.26. The first-order valence-electron chi connectivity index (χ1n) is 11.1. The van der Waals surface area contributed by atoms with Gasteiger partial charge in [-0.1, -0.05) is 30.3 Å². The van der Waals surface area contributed by atoms with E-state index in [0.717, 1.165) is 17.0 Å². The zero-order valence-electron chi connectivity index (χ0n) is 20.5. The number of hydrogen-bond donors (Lipinski definition) is 1. The van der Waals surface area contributed by atoms with Gasteiger partial charge in [-0.15, -0.1) is 0 Å². The lowest BCUT2D eigenvalue weighted by Crippen LogP contribution is -2.30. The van der Waals surface area contributed by atoms with Crippen LogP contribution < -0.4 is 9.46 Å². The highest BCUT2D eigenvalue weighted by Gasteiger charge is 2.24. The number of methoxy groups -OCH3 is 1. The Morgan fingerprint density at radius 3 is 2.34 bits per heavy atom. The standard InChI is InChI=1S/C26H30N2O6S/c1-17(2)27-35(31,32)25-14-21(11-12-24(25)33-5)26(30)34-16-23(29)22-13-18(3)28(19(22)4)15-20-9-7-6-8-10-20/h6-14,17,27H,15-16H2,1-5H3. The summed E-state index contributed by atoms with van der Waals surface area (Å²) < 4.78 is 40.2. The van der Waals surface area contributed by atoms with Crippen LogP contribution in [0.15, 0.2) is 59.5 Å². The first-order chi connectivity index (χ1) is 16.5. The minimum absolute atomic E-state index is 0.00252. The van der Waals surface area contributed by atoms with Crippen LogP contribution in [0.25, 0.3) is 0 Å². The van der Waals surface area contributed by atoms with Gasteiger partial charge in [0.25, 0.3) is 0 Å². The van der Waals surface area contributed by atoms with Crippen molar-refractivity contribution in [3.8, 4) is 5.75 Å². The van der Waals surface area contributed by atoms with E-state index >= 15 is 0 Å². The average molecular weight is 499 g/mol. The number of nitrogens with one attached hydrogen (secondary N) is 1. The minimum atomic E-state index is -3.92. The molecule has 1 aromatic heterocycles. The van der Waals surface area contributed by atoms with Crippen LogP contribution in [0.2, 0.25) is 0 Å². The molecule has 8 nitrogen and oxygen atoms in total. The normalized spacial score (nSPS) is 11.5. The van der Waals surface area contributed by atoms with E-state index < -0.39 is 22.6 Å². The van der Waals surface area contributed by atoms with Gasteiger partial charge in [-0.2, -0.15) is 0 Å². The van der Waals surface area contributed by atoms with Crippen molar-refractivity contribution in [2.75, 3.05) is 13.7 Å². The molecule has 35 heavy (non-hydrogen) atoms. The smallest absolute Gasteiger partial charge is 0.338 e. The molecule has 3 rings (SSSR count). The summed E-state index contributed by atoms with van der Waals surface area (Å²) in [6, 6.07) is 15.3. The van der Waals surface area contributed by atoms with E-state index in [4.69, 9.17) is 9.47 Å². The number of nitrogens with zero attached hydrogens (tertiary/aromatic N) is 1. The predicted octanol–water partition coefficient (Wildman–Crippen LogP) is 3.89. The van der Waals surface area contributed by atoms with Crippen LogP contribution in [-0.4, -0.2) is 44.5 Å². The second-order valence-electron chi connectivity index (χ2n) is 8.50. The zero-order chi connectivity index (χ0) is 25.8. The Morgan fingerprint density at radius 2 is 1.71 bits per heavy atom. The van der Waals surface area contributed by atoms with Crippen LogP contribution in [-0.2, 0) is 21.3 Å². The molecule has 0 amide bonds. The summed E-state index contributed by atoms with van der Waals surface area (Å²) in [5.41, 5.74) is 3.29. The summed E-state index contributed by atoms with van der Waals surface area (Å²) in [5.74, 6) is -1.05. The molecule has 3 aromatic rings.